The minimum Gasteiger partial charge on any atom is -0.478 e. The van der Waals surface area contributed by atoms with Crippen LogP contribution in [-0.2, 0) is 9.59 Å². The zero-order chi connectivity index (χ0) is 17.3. The number of hydrogen-bond donors (Lipinski definition) is 8. The van der Waals surface area contributed by atoms with Gasteiger partial charge in [0.15, 0.2) is 0 Å². The van der Waals surface area contributed by atoms with Crippen molar-refractivity contribution in [1.29, 1.82) is 0 Å². The molecule has 0 unspecified atom stereocenters. The van der Waals surface area contributed by atoms with Crippen molar-refractivity contribution < 1.29 is 50.4 Å². The summed E-state index contributed by atoms with van der Waals surface area (Å²) < 4.78 is 0. The van der Waals surface area contributed by atoms with Crippen molar-refractivity contribution in [3.8, 4) is 0 Å². The van der Waals surface area contributed by atoms with Crippen LogP contribution in [0, 0.1) is 5.41 Å². The molecule has 8 N–H and O–H groups in total. The van der Waals surface area contributed by atoms with Crippen molar-refractivity contribution in [2.75, 3.05) is 39.6 Å². The van der Waals surface area contributed by atoms with Crippen LogP contribution in [0.15, 0.2) is 12.2 Å². The summed E-state index contributed by atoms with van der Waals surface area (Å²) in [7, 11) is 0. The lowest BCUT2D eigenvalue weighted by atomic mass is 9.93. The van der Waals surface area contributed by atoms with Gasteiger partial charge in [-0.2, -0.15) is 0 Å². The largest absolute Gasteiger partial charge is 0.478 e. The summed E-state index contributed by atoms with van der Waals surface area (Å²) in [5.74, 6) is -2.51. The lowest BCUT2D eigenvalue weighted by molar-refractivity contribution is -0.134. The van der Waals surface area contributed by atoms with Crippen LogP contribution in [0.25, 0.3) is 0 Å². The fourth-order valence-electron chi connectivity index (χ4n) is 0.443. The summed E-state index contributed by atoms with van der Waals surface area (Å²) in [5, 5.41) is 64.9. The number of rotatable bonds is 7. The molecule has 0 aliphatic carbocycles. The van der Waals surface area contributed by atoms with Crippen molar-refractivity contribution in [3.05, 3.63) is 12.2 Å². The number of aliphatic carboxylic acids is 2. The Morgan fingerprint density at radius 1 is 0.667 bits per heavy atom. The van der Waals surface area contributed by atoms with E-state index in [1.807, 2.05) is 0 Å². The van der Waals surface area contributed by atoms with Crippen LogP contribution in [0.5, 0.6) is 0 Å². The second-order valence-electron chi connectivity index (χ2n) is 3.59. The van der Waals surface area contributed by atoms with Gasteiger partial charge in [0.25, 0.3) is 0 Å². The highest BCUT2D eigenvalue weighted by Gasteiger charge is 2.26. The third-order valence-corrected chi connectivity index (χ3v) is 1.81. The lowest BCUT2D eigenvalue weighted by Gasteiger charge is -2.23. The predicted molar refractivity (Wildman–Crippen MR) is 69.4 cm³/mol. The maximum atomic E-state index is 9.55. The molecule has 0 heterocycles. The van der Waals surface area contributed by atoms with Gasteiger partial charge in [0, 0.05) is 12.2 Å². The maximum absolute atomic E-state index is 9.55. The van der Waals surface area contributed by atoms with Gasteiger partial charge in [-0.3, -0.25) is 0 Å². The normalized spacial score (nSPS) is 10.2. The van der Waals surface area contributed by atoms with Crippen LogP contribution in [0.2, 0.25) is 0 Å². The maximum Gasteiger partial charge on any atom is 0.328 e. The fraction of sp³-hybridized carbons (Fsp3) is 0.636. The smallest absolute Gasteiger partial charge is 0.328 e. The van der Waals surface area contributed by atoms with Crippen LogP contribution in [-0.4, -0.2) is 92.4 Å². The van der Waals surface area contributed by atoms with E-state index in [1.54, 1.807) is 0 Å². The Hall–Kier alpha value is -1.56. The molecule has 0 aromatic carbocycles. The molecule has 0 bridgehead atoms. The van der Waals surface area contributed by atoms with E-state index in [0.29, 0.717) is 12.2 Å². The minimum absolute atomic E-state index is 0.125. The van der Waals surface area contributed by atoms with Gasteiger partial charge in [-0.1, -0.05) is 0 Å². The third-order valence-electron chi connectivity index (χ3n) is 1.81. The molecule has 0 aromatic rings. The second kappa shape index (κ2) is 16.5. The molecular weight excluding hydrogens is 292 g/mol. The highest BCUT2D eigenvalue weighted by Crippen LogP contribution is 2.11. The van der Waals surface area contributed by atoms with Gasteiger partial charge in [0.2, 0.25) is 0 Å². The summed E-state index contributed by atoms with van der Waals surface area (Å²) in [6.07, 6.45) is 1.12. The number of aliphatic hydroxyl groups excluding tert-OH is 6. The lowest BCUT2D eigenvalue weighted by Crippen LogP contribution is -2.37. The van der Waals surface area contributed by atoms with E-state index < -0.39 is 43.8 Å². The van der Waals surface area contributed by atoms with Crippen molar-refractivity contribution in [2.24, 2.45) is 5.41 Å². The van der Waals surface area contributed by atoms with Crippen LogP contribution in [0.4, 0.5) is 0 Å². The van der Waals surface area contributed by atoms with Crippen LogP contribution in [0.1, 0.15) is 0 Å². The van der Waals surface area contributed by atoms with Crippen molar-refractivity contribution >= 4 is 11.9 Å². The van der Waals surface area contributed by atoms with E-state index in [1.165, 1.54) is 0 Å². The molecular formula is C11H22O10. The first-order valence-corrected chi connectivity index (χ1v) is 5.58. The standard InChI is InChI=1S/C5H12O4.C4H4O4.C2H6O2/c6-1-5(2-7,3-8)4-9;5-3(6)1-2-4(7)8;3-1-2-4/h6-9H,1-4H2;1-2H,(H,5,6)(H,7,8);3-4H,1-2H2/b;2-1+;. The molecule has 0 rings (SSSR count). The van der Waals surface area contributed by atoms with E-state index in [4.69, 9.17) is 40.9 Å². The van der Waals surface area contributed by atoms with Gasteiger partial charge >= 0.3 is 11.9 Å². The Labute approximate surface area is 120 Å². The van der Waals surface area contributed by atoms with E-state index in [-0.39, 0.29) is 13.2 Å². The molecule has 0 saturated heterocycles. The molecule has 0 spiro atoms. The monoisotopic (exact) mass is 314 g/mol. The number of carboxylic acids is 2. The number of carbonyl (C=O) groups is 2. The Morgan fingerprint density at radius 2 is 0.905 bits per heavy atom. The highest BCUT2D eigenvalue weighted by atomic mass is 16.4. The van der Waals surface area contributed by atoms with Crippen molar-refractivity contribution in [2.45, 2.75) is 0 Å². The molecule has 0 amide bonds. The van der Waals surface area contributed by atoms with Crippen LogP contribution >= 0.6 is 0 Å². The highest BCUT2D eigenvalue weighted by molar-refractivity contribution is 5.89. The zero-order valence-electron chi connectivity index (χ0n) is 11.3. The number of carboxylic acid groups (broad SMARTS) is 2. The Balaban J connectivity index is -0.000000249. The molecule has 0 aliphatic heterocycles. The first-order valence-electron chi connectivity index (χ1n) is 5.58. The van der Waals surface area contributed by atoms with Gasteiger partial charge in [-0.05, 0) is 0 Å². The van der Waals surface area contributed by atoms with Gasteiger partial charge in [-0.25, -0.2) is 9.59 Å². The SMILES string of the molecule is O=C(O)/C=C/C(=O)O.OCC(CO)(CO)CO.OCCO. The summed E-state index contributed by atoms with van der Waals surface area (Å²) >= 11 is 0. The van der Waals surface area contributed by atoms with E-state index in [0.717, 1.165) is 0 Å². The quantitative estimate of drug-likeness (QED) is 0.219. The van der Waals surface area contributed by atoms with Gasteiger partial charge in [0.1, 0.15) is 0 Å². The second-order valence-corrected chi connectivity index (χ2v) is 3.59. The molecule has 0 fully saturated rings. The molecule has 10 heteroatoms. The zero-order valence-corrected chi connectivity index (χ0v) is 11.3. The summed E-state index contributed by atoms with van der Waals surface area (Å²) in [4.78, 5) is 19.1. The summed E-state index contributed by atoms with van der Waals surface area (Å²) in [6, 6.07) is 0. The Kier molecular flexibility index (Phi) is 19.2. The Morgan fingerprint density at radius 3 is 0.952 bits per heavy atom. The molecule has 0 aromatic heterocycles. The first-order chi connectivity index (χ1) is 9.78. The summed E-state index contributed by atoms with van der Waals surface area (Å²) in [5.41, 5.74) is -1.11. The van der Waals surface area contributed by atoms with Gasteiger partial charge in [0.05, 0.1) is 45.1 Å². The molecule has 126 valence electrons. The third kappa shape index (κ3) is 18.4. The van der Waals surface area contributed by atoms with E-state index >= 15 is 0 Å². The molecule has 0 aliphatic rings. The molecule has 0 saturated carbocycles. The van der Waals surface area contributed by atoms with Gasteiger partial charge in [-0.15, -0.1) is 0 Å². The fourth-order valence-corrected chi connectivity index (χ4v) is 0.443. The Bertz CT molecular complexity index is 249. The predicted octanol–water partition coefficient (Wildman–Crippen LogP) is -3.38. The van der Waals surface area contributed by atoms with E-state index in [9.17, 15) is 9.59 Å². The van der Waals surface area contributed by atoms with Crippen molar-refractivity contribution in [3.63, 3.8) is 0 Å². The van der Waals surface area contributed by atoms with Crippen LogP contribution < -0.4 is 0 Å². The number of aliphatic hydroxyl groups is 6. The number of hydrogen-bond acceptors (Lipinski definition) is 8. The average molecular weight is 314 g/mol. The molecule has 21 heavy (non-hydrogen) atoms. The minimum atomic E-state index is -1.26. The van der Waals surface area contributed by atoms with Gasteiger partial charge < -0.3 is 40.9 Å². The van der Waals surface area contributed by atoms with E-state index in [2.05, 4.69) is 0 Å². The topological polar surface area (TPSA) is 196 Å². The van der Waals surface area contributed by atoms with Crippen molar-refractivity contribution in [1.82, 2.24) is 0 Å². The summed E-state index contributed by atoms with van der Waals surface area (Å²) in [6.45, 7) is -1.88. The van der Waals surface area contributed by atoms with Crippen LogP contribution in [0.3, 0.4) is 0 Å². The molecule has 0 atom stereocenters. The molecule has 0 radical (unpaired) electrons. The average Bonchev–Trinajstić information content (AvgIpc) is 2.49. The molecule has 10 nitrogen and oxygen atoms in total. The first kappa shape index (κ1) is 24.5.